The Morgan fingerprint density at radius 1 is 1.27 bits per heavy atom. The van der Waals surface area contributed by atoms with E-state index in [0.717, 1.165) is 18.4 Å². The fourth-order valence-corrected chi connectivity index (χ4v) is 1.60. The first kappa shape index (κ1) is 11.7. The highest BCUT2D eigenvalue weighted by molar-refractivity contribution is 5.94. The number of hydrogen-bond acceptors (Lipinski definition) is 1. The van der Waals surface area contributed by atoms with E-state index >= 15 is 0 Å². The van der Waals surface area contributed by atoms with Crippen LogP contribution in [0.2, 0.25) is 0 Å². The quantitative estimate of drug-likeness (QED) is 0.667. The molecular weight excluding hydrogens is 184 g/mol. The number of rotatable bonds is 5. The molecule has 1 heteroatoms. The molecule has 1 aromatic rings. The number of ketones is 1. The van der Waals surface area contributed by atoms with Crippen LogP contribution in [0.3, 0.4) is 0 Å². The van der Waals surface area contributed by atoms with Gasteiger partial charge in [-0.05, 0) is 30.9 Å². The molecular formula is C14H18O. The summed E-state index contributed by atoms with van der Waals surface area (Å²) >= 11 is 0. The lowest BCUT2D eigenvalue weighted by molar-refractivity contribution is -0.115. The number of aryl methyl sites for hydroxylation is 1. The van der Waals surface area contributed by atoms with E-state index < -0.39 is 0 Å². The minimum absolute atomic E-state index is 0.272. The maximum Gasteiger partial charge on any atom is 0.158 e. The molecule has 0 saturated heterocycles. The Bertz CT molecular complexity index is 336. The van der Waals surface area contributed by atoms with E-state index in [1.54, 1.807) is 0 Å². The fraction of sp³-hybridized carbons (Fsp3) is 0.357. The van der Waals surface area contributed by atoms with Crippen molar-refractivity contribution in [3.05, 3.63) is 47.5 Å². The van der Waals surface area contributed by atoms with Crippen LogP contribution in [0.1, 0.15) is 32.3 Å². The van der Waals surface area contributed by atoms with Crippen molar-refractivity contribution in [3.8, 4) is 0 Å². The van der Waals surface area contributed by atoms with Crippen LogP contribution in [-0.4, -0.2) is 5.78 Å². The molecule has 0 aliphatic carbocycles. The van der Waals surface area contributed by atoms with E-state index in [-0.39, 0.29) is 5.78 Å². The molecule has 0 N–H and O–H groups in total. The molecule has 1 nitrogen and oxygen atoms in total. The molecule has 80 valence electrons. The summed E-state index contributed by atoms with van der Waals surface area (Å²) in [5.74, 6) is 0.272. The molecule has 0 heterocycles. The lowest BCUT2D eigenvalue weighted by atomic mass is 10.0. The summed E-state index contributed by atoms with van der Waals surface area (Å²) in [4.78, 5) is 11.5. The van der Waals surface area contributed by atoms with Gasteiger partial charge in [0.05, 0.1) is 0 Å². The van der Waals surface area contributed by atoms with Crippen molar-refractivity contribution in [1.29, 1.82) is 0 Å². The minimum Gasteiger partial charge on any atom is -0.295 e. The maximum atomic E-state index is 11.5. The zero-order chi connectivity index (χ0) is 11.1. The summed E-state index contributed by atoms with van der Waals surface area (Å²) in [6.07, 6.45) is 4.35. The van der Waals surface area contributed by atoms with Crippen molar-refractivity contribution in [2.45, 2.75) is 33.1 Å². The van der Waals surface area contributed by atoms with E-state index in [0.29, 0.717) is 6.42 Å². The van der Waals surface area contributed by atoms with Gasteiger partial charge in [0.25, 0.3) is 0 Å². The molecule has 0 unspecified atom stereocenters. The molecule has 0 aliphatic rings. The molecule has 15 heavy (non-hydrogen) atoms. The minimum atomic E-state index is 0.272. The van der Waals surface area contributed by atoms with Crippen molar-refractivity contribution in [3.63, 3.8) is 0 Å². The van der Waals surface area contributed by atoms with Gasteiger partial charge in [-0.25, -0.2) is 0 Å². The van der Waals surface area contributed by atoms with Crippen LogP contribution in [0.15, 0.2) is 42.0 Å². The summed E-state index contributed by atoms with van der Waals surface area (Å²) in [6, 6.07) is 10.3. The highest BCUT2D eigenvalue weighted by Crippen LogP contribution is 2.11. The maximum absolute atomic E-state index is 11.5. The normalized spacial score (nSPS) is 11.5. The number of allylic oxidation sites excluding steroid dienone is 2. The first-order valence-corrected chi connectivity index (χ1v) is 5.50. The third kappa shape index (κ3) is 3.70. The third-order valence-corrected chi connectivity index (χ3v) is 2.55. The molecule has 0 atom stereocenters. The monoisotopic (exact) mass is 202 g/mol. The van der Waals surface area contributed by atoms with Gasteiger partial charge >= 0.3 is 0 Å². The van der Waals surface area contributed by atoms with E-state index in [1.165, 1.54) is 5.56 Å². The molecule has 0 saturated carbocycles. The van der Waals surface area contributed by atoms with Crippen LogP contribution in [0.5, 0.6) is 0 Å². The lowest BCUT2D eigenvalue weighted by Crippen LogP contribution is -2.01. The predicted octanol–water partition coefficient (Wildman–Crippen LogP) is 3.54. The Morgan fingerprint density at radius 3 is 2.47 bits per heavy atom. The SMILES string of the molecule is C/C=C(\CCc1ccccc1)C(=O)CC. The van der Waals surface area contributed by atoms with Crippen molar-refractivity contribution >= 4 is 5.78 Å². The average molecular weight is 202 g/mol. The van der Waals surface area contributed by atoms with E-state index in [2.05, 4.69) is 12.1 Å². The molecule has 0 aliphatic heterocycles. The fourth-order valence-electron chi connectivity index (χ4n) is 1.60. The Hall–Kier alpha value is -1.37. The van der Waals surface area contributed by atoms with Crippen molar-refractivity contribution in [2.75, 3.05) is 0 Å². The van der Waals surface area contributed by atoms with E-state index in [4.69, 9.17) is 0 Å². The first-order chi connectivity index (χ1) is 7.27. The van der Waals surface area contributed by atoms with Gasteiger partial charge in [0, 0.05) is 6.42 Å². The summed E-state index contributed by atoms with van der Waals surface area (Å²) in [5, 5.41) is 0. The molecule has 0 spiro atoms. The van der Waals surface area contributed by atoms with Crippen LogP contribution in [0, 0.1) is 0 Å². The lowest BCUT2D eigenvalue weighted by Gasteiger charge is -2.04. The predicted molar refractivity (Wildman–Crippen MR) is 63.8 cm³/mol. The second-order valence-corrected chi connectivity index (χ2v) is 3.58. The molecule has 1 rings (SSSR count). The van der Waals surface area contributed by atoms with Gasteiger partial charge in [-0.3, -0.25) is 4.79 Å². The van der Waals surface area contributed by atoms with Crippen LogP contribution < -0.4 is 0 Å². The number of carbonyl (C=O) groups excluding carboxylic acids is 1. The standard InChI is InChI=1S/C14H18O/c1-3-13(14(15)4-2)11-10-12-8-6-5-7-9-12/h3,5-9H,4,10-11H2,1-2H3/b13-3+. The molecule has 0 radical (unpaired) electrons. The molecule has 1 aromatic carbocycles. The van der Waals surface area contributed by atoms with Crippen molar-refractivity contribution in [2.24, 2.45) is 0 Å². The summed E-state index contributed by atoms with van der Waals surface area (Å²) in [7, 11) is 0. The number of carbonyl (C=O) groups is 1. The Kier molecular flexibility index (Phi) is 4.82. The number of benzene rings is 1. The zero-order valence-corrected chi connectivity index (χ0v) is 9.49. The van der Waals surface area contributed by atoms with Crippen LogP contribution >= 0.6 is 0 Å². The summed E-state index contributed by atoms with van der Waals surface area (Å²) in [6.45, 7) is 3.85. The smallest absolute Gasteiger partial charge is 0.158 e. The highest BCUT2D eigenvalue weighted by Gasteiger charge is 2.05. The Labute approximate surface area is 91.8 Å². The van der Waals surface area contributed by atoms with Crippen molar-refractivity contribution < 1.29 is 4.79 Å². The molecule has 0 bridgehead atoms. The average Bonchev–Trinajstić information content (AvgIpc) is 2.31. The summed E-state index contributed by atoms with van der Waals surface area (Å²) in [5.41, 5.74) is 2.25. The van der Waals surface area contributed by atoms with Gasteiger partial charge in [-0.1, -0.05) is 43.3 Å². The largest absolute Gasteiger partial charge is 0.295 e. The number of Topliss-reactive ketones (excluding diaryl/α,β-unsaturated/α-hetero) is 1. The Balaban J connectivity index is 2.53. The Morgan fingerprint density at radius 2 is 1.93 bits per heavy atom. The zero-order valence-electron chi connectivity index (χ0n) is 9.49. The highest BCUT2D eigenvalue weighted by atomic mass is 16.1. The van der Waals surface area contributed by atoms with E-state index in [9.17, 15) is 4.79 Å². The van der Waals surface area contributed by atoms with Crippen LogP contribution in [0.4, 0.5) is 0 Å². The second kappa shape index (κ2) is 6.18. The third-order valence-electron chi connectivity index (χ3n) is 2.55. The van der Waals surface area contributed by atoms with Gasteiger partial charge in [0.1, 0.15) is 0 Å². The molecule has 0 aromatic heterocycles. The first-order valence-electron chi connectivity index (χ1n) is 5.50. The van der Waals surface area contributed by atoms with Gasteiger partial charge < -0.3 is 0 Å². The van der Waals surface area contributed by atoms with Gasteiger partial charge in [0.2, 0.25) is 0 Å². The van der Waals surface area contributed by atoms with Gasteiger partial charge in [-0.15, -0.1) is 0 Å². The number of hydrogen-bond donors (Lipinski definition) is 0. The molecule has 0 fully saturated rings. The second-order valence-electron chi connectivity index (χ2n) is 3.58. The molecule has 0 amide bonds. The van der Waals surface area contributed by atoms with Crippen LogP contribution in [0.25, 0.3) is 0 Å². The van der Waals surface area contributed by atoms with Gasteiger partial charge in [0.15, 0.2) is 5.78 Å². The van der Waals surface area contributed by atoms with E-state index in [1.807, 2.05) is 38.1 Å². The summed E-state index contributed by atoms with van der Waals surface area (Å²) < 4.78 is 0. The van der Waals surface area contributed by atoms with Crippen molar-refractivity contribution in [1.82, 2.24) is 0 Å². The van der Waals surface area contributed by atoms with Crippen LogP contribution in [-0.2, 0) is 11.2 Å². The van der Waals surface area contributed by atoms with Gasteiger partial charge in [-0.2, -0.15) is 0 Å². The topological polar surface area (TPSA) is 17.1 Å².